The van der Waals surface area contributed by atoms with Gasteiger partial charge >= 0.3 is 0 Å². The van der Waals surface area contributed by atoms with Crippen LogP contribution in [-0.2, 0) is 45.4 Å². The van der Waals surface area contributed by atoms with Crippen LogP contribution in [0.3, 0.4) is 0 Å². The van der Waals surface area contributed by atoms with E-state index in [2.05, 4.69) is 146 Å². The molecule has 4 aliphatic heterocycles. The Bertz CT molecular complexity index is 4070. The molecule has 8 aromatic rings. The maximum Gasteiger partial charge on any atom is 0.282 e. The van der Waals surface area contributed by atoms with E-state index >= 15 is 0 Å². The van der Waals surface area contributed by atoms with Crippen molar-refractivity contribution in [1.29, 1.82) is 0 Å². The number of hydrazine groups is 4. The van der Waals surface area contributed by atoms with E-state index in [0.717, 1.165) is 42.3 Å². The maximum atomic E-state index is 12.6. The molecule has 0 unspecified atom stereocenters. The molecule has 4 aromatic heterocycles. The summed E-state index contributed by atoms with van der Waals surface area (Å²) in [5.74, 6) is -2.59. The van der Waals surface area contributed by atoms with Crippen molar-refractivity contribution < 1.29 is 38.4 Å². The number of aromatic nitrogens is 4. The summed E-state index contributed by atoms with van der Waals surface area (Å²) >= 11 is 18.7. The van der Waals surface area contributed by atoms with E-state index < -0.39 is 23.6 Å². The van der Waals surface area contributed by atoms with Crippen LogP contribution in [0.1, 0.15) is 34.4 Å². The number of halogens is 5. The van der Waals surface area contributed by atoms with Crippen LogP contribution in [0.15, 0.2) is 162 Å². The highest BCUT2D eigenvalue weighted by atomic mass is 127. The van der Waals surface area contributed by atoms with E-state index in [-0.39, 0.29) is 45.9 Å². The number of hydrogen-bond acceptors (Lipinski definition) is 15. The van der Waals surface area contributed by atoms with E-state index in [1.807, 2.05) is 48.5 Å². The monoisotopic (exact) mass is 1690 g/mol. The summed E-state index contributed by atoms with van der Waals surface area (Å²) in [6, 6.07) is 32.8. The first kappa shape index (κ1) is 64.3. The molecule has 4 N–H and O–H groups in total. The van der Waals surface area contributed by atoms with Crippen LogP contribution in [0.25, 0.3) is 24.3 Å². The van der Waals surface area contributed by atoms with Gasteiger partial charge in [-0.05, 0) is 238 Å². The Labute approximate surface area is 568 Å². The minimum absolute atomic E-state index is 0.0721. The van der Waals surface area contributed by atoms with Gasteiger partial charge in [0.2, 0.25) is 0 Å². The highest BCUT2D eigenvalue weighted by Gasteiger charge is 2.38. The first-order valence-corrected chi connectivity index (χ1v) is 32.8. The second kappa shape index (κ2) is 29.2. The first-order valence-electron chi connectivity index (χ1n) is 25.6. The van der Waals surface area contributed by atoms with Crippen molar-refractivity contribution in [2.45, 2.75) is 13.8 Å². The SMILES string of the molecule is CCN(CC)c1ncc(C=C2C(=O)NN(c3ccc(I)cc3)C2=O)s1.Cn1ccnc1C=C1C(=O)NN(c2ccc(I)cc2)C1=O.O=C1NN(c2ccc(I)cc2)C(=O)C1=Cc1ccc(Cl)s1.O=C1NN(c2ccc(I)cc2)C(=O)C1=Cc1nccs1. The first-order chi connectivity index (χ1) is 41.8. The Hall–Kier alpha value is -7.22. The van der Waals surface area contributed by atoms with Crippen molar-refractivity contribution in [3.05, 3.63) is 201 Å². The lowest BCUT2D eigenvalue weighted by Gasteiger charge is -2.16. The van der Waals surface area contributed by atoms with Gasteiger partial charge in [-0.15, -0.1) is 22.7 Å². The molecule has 12 rings (SSSR count). The normalized spacial score (nSPS) is 16.5. The number of nitrogens with one attached hydrogen (secondary N) is 4. The Morgan fingerprint density at radius 2 is 0.874 bits per heavy atom. The summed E-state index contributed by atoms with van der Waals surface area (Å²) in [6.45, 7) is 5.85. The third kappa shape index (κ3) is 15.7. The zero-order chi connectivity index (χ0) is 62.1. The zero-order valence-corrected chi connectivity index (χ0v) is 57.2. The molecule has 8 heterocycles. The molecule has 21 nitrogen and oxygen atoms in total. The fourth-order valence-electron chi connectivity index (χ4n) is 8.07. The highest BCUT2D eigenvalue weighted by molar-refractivity contribution is 14.1. The Morgan fingerprint density at radius 3 is 1.22 bits per heavy atom. The molecule has 87 heavy (non-hydrogen) atoms. The average molecular weight is 1690 g/mol. The van der Waals surface area contributed by atoms with Gasteiger partial charge < -0.3 is 9.47 Å². The van der Waals surface area contributed by atoms with Crippen LogP contribution in [0, 0.1) is 14.3 Å². The Morgan fingerprint density at radius 1 is 0.483 bits per heavy atom. The van der Waals surface area contributed by atoms with Gasteiger partial charge in [0.15, 0.2) is 5.13 Å². The highest BCUT2D eigenvalue weighted by Crippen LogP contribution is 2.30. The lowest BCUT2D eigenvalue weighted by molar-refractivity contribution is -0.118. The van der Waals surface area contributed by atoms with Gasteiger partial charge in [0.1, 0.15) is 33.1 Å². The molecule has 0 radical (unpaired) electrons. The van der Waals surface area contributed by atoms with E-state index in [4.69, 9.17) is 11.6 Å². The van der Waals surface area contributed by atoms with Crippen LogP contribution in [0.4, 0.5) is 27.9 Å². The van der Waals surface area contributed by atoms with Gasteiger partial charge in [0.25, 0.3) is 47.3 Å². The molecule has 442 valence electrons. The molecule has 0 atom stereocenters. The molecule has 8 amide bonds. The van der Waals surface area contributed by atoms with Crippen molar-refractivity contribution in [3.8, 4) is 0 Å². The number of rotatable bonds is 11. The van der Waals surface area contributed by atoms with Gasteiger partial charge in [-0.2, -0.15) is 0 Å². The summed E-state index contributed by atoms with van der Waals surface area (Å²) in [6.07, 6.45) is 12.8. The number of imidazole rings is 1. The number of carbonyl (C=O) groups excluding carboxylic acids is 8. The standard InChI is InChI=1S/C17H17IN4O2S.C14H8ClIN2O2S.C14H11IN4O2.C13H8IN3O2S/c1-3-21(4-2)17-19-10-13(25-17)9-14-15(23)20-22(16(14)24)12-7-5-11(18)6-8-12;15-12-6-5-10(21-12)7-11-13(19)17-18(14(11)20)9-3-1-8(16)2-4-9;1-18-7-6-16-12(18)8-11-13(20)17-19(14(11)21)10-4-2-9(15)3-5-10;14-8-1-3-9(4-2-8)17-13(19)10(12(18)16-17)7-11-15-5-6-20-11/h5-10H,3-4H2,1-2H3,(H,20,23);1-7H,(H,17,19);2-8H,1H3,(H,17,20);1-7H,(H,16,18). The summed E-state index contributed by atoms with van der Waals surface area (Å²) in [5.41, 5.74) is 13.2. The topological polar surface area (TPSA) is 244 Å². The van der Waals surface area contributed by atoms with Crippen LogP contribution in [0.2, 0.25) is 4.34 Å². The molecule has 0 aliphatic carbocycles. The summed E-state index contributed by atoms with van der Waals surface area (Å²) in [4.78, 5) is 114. The number of amides is 8. The molecule has 29 heteroatoms. The van der Waals surface area contributed by atoms with E-state index in [1.165, 1.54) is 66.2 Å². The average Bonchev–Trinajstić information content (AvgIpc) is 2.89. The number of hydrogen-bond donors (Lipinski definition) is 4. The van der Waals surface area contributed by atoms with Crippen molar-refractivity contribution in [2.24, 2.45) is 7.05 Å². The minimum Gasteiger partial charge on any atom is -0.349 e. The van der Waals surface area contributed by atoms with Gasteiger partial charge in [0, 0.05) is 69.5 Å². The quantitative estimate of drug-likeness (QED) is 0.0537. The summed E-state index contributed by atoms with van der Waals surface area (Å²) < 4.78 is 6.58. The lowest BCUT2D eigenvalue weighted by atomic mass is 10.2. The van der Waals surface area contributed by atoms with Crippen LogP contribution >= 0.6 is 136 Å². The third-order valence-corrected chi connectivity index (χ3v) is 18.3. The van der Waals surface area contributed by atoms with E-state index in [0.29, 0.717) is 37.9 Å². The van der Waals surface area contributed by atoms with E-state index in [1.54, 1.807) is 115 Å². The van der Waals surface area contributed by atoms with Crippen molar-refractivity contribution >= 4 is 235 Å². The van der Waals surface area contributed by atoms with Crippen molar-refractivity contribution in [2.75, 3.05) is 38.0 Å². The number of thiazole rings is 2. The maximum absolute atomic E-state index is 12.6. The minimum atomic E-state index is -0.429. The predicted molar refractivity (Wildman–Crippen MR) is 371 cm³/mol. The van der Waals surface area contributed by atoms with Gasteiger partial charge in [-0.3, -0.25) is 60.1 Å². The lowest BCUT2D eigenvalue weighted by Crippen LogP contribution is -2.35. The van der Waals surface area contributed by atoms with E-state index in [9.17, 15) is 38.4 Å². The molecule has 0 saturated carbocycles. The molecule has 0 bridgehead atoms. The largest absolute Gasteiger partial charge is 0.349 e. The van der Waals surface area contributed by atoms with Gasteiger partial charge in [-0.25, -0.2) is 35.0 Å². The van der Waals surface area contributed by atoms with Crippen molar-refractivity contribution in [1.82, 2.24) is 41.2 Å². The second-order valence-electron chi connectivity index (χ2n) is 18.1. The number of carbonyl (C=O) groups is 8. The Balaban J connectivity index is 0.000000139. The predicted octanol–water partition coefficient (Wildman–Crippen LogP) is 10.2. The number of thiophene rings is 1. The third-order valence-electron chi connectivity index (χ3n) is 12.5. The number of nitrogens with zero attached hydrogens (tertiary/aromatic N) is 9. The molecule has 0 spiro atoms. The zero-order valence-electron chi connectivity index (χ0n) is 45.4. The van der Waals surface area contributed by atoms with Crippen molar-refractivity contribution in [3.63, 3.8) is 0 Å². The summed E-state index contributed by atoms with van der Waals surface area (Å²) in [5, 5.41) is 8.33. The molecular weight excluding hydrogens is 1650 g/mol. The van der Waals surface area contributed by atoms with Crippen LogP contribution in [0.5, 0.6) is 0 Å². The Kier molecular flexibility index (Phi) is 21.6. The molecule has 4 aromatic carbocycles. The van der Waals surface area contributed by atoms with Gasteiger partial charge in [-0.1, -0.05) is 22.9 Å². The number of benzene rings is 4. The number of aryl methyl sites for hydroxylation is 1. The molecular formula is C58H44ClI4N13O8S3. The fourth-order valence-corrected chi connectivity index (χ4v) is 12.1. The second-order valence-corrected chi connectivity index (χ2v) is 26.8. The smallest absolute Gasteiger partial charge is 0.282 e. The van der Waals surface area contributed by atoms with Gasteiger partial charge in [0.05, 0.1) is 32.0 Å². The summed E-state index contributed by atoms with van der Waals surface area (Å²) in [7, 11) is 1.80. The number of anilines is 5. The van der Waals surface area contributed by atoms with Crippen LogP contribution in [-0.4, -0.2) is 79.9 Å². The molecule has 4 fully saturated rings. The van der Waals surface area contributed by atoms with Crippen LogP contribution < -0.4 is 46.6 Å². The fraction of sp³-hybridized carbons (Fsp3) is 0.0862. The molecule has 4 aliphatic rings. The molecule has 4 saturated heterocycles.